The van der Waals surface area contributed by atoms with Crippen molar-refractivity contribution in [1.82, 2.24) is 18.9 Å². The third-order valence-corrected chi connectivity index (χ3v) is 5.73. The minimum Gasteiger partial charge on any atom is -0.461 e. The molecule has 0 radical (unpaired) electrons. The first-order valence-electron chi connectivity index (χ1n) is 11.0. The molecule has 182 valence electrons. The van der Waals surface area contributed by atoms with Crippen LogP contribution in [0.4, 0.5) is 13.2 Å². The number of carbonyl (C=O) groups is 1. The average Bonchev–Trinajstić information content (AvgIpc) is 3.29. The first-order valence-corrected chi connectivity index (χ1v) is 11.0. The van der Waals surface area contributed by atoms with Crippen molar-refractivity contribution in [2.45, 2.75) is 19.6 Å². The molecule has 0 N–H and O–H groups in total. The smallest absolute Gasteiger partial charge is 0.416 e. The molecule has 0 atom stereocenters. The van der Waals surface area contributed by atoms with Gasteiger partial charge in [-0.2, -0.15) is 13.2 Å². The van der Waals surface area contributed by atoms with Crippen molar-refractivity contribution in [2.75, 3.05) is 6.61 Å². The summed E-state index contributed by atoms with van der Waals surface area (Å²) in [5, 5.41) is 0.375. The van der Waals surface area contributed by atoms with Gasteiger partial charge in [0.25, 0.3) is 5.56 Å². The molecule has 0 aliphatic heterocycles. The van der Waals surface area contributed by atoms with E-state index in [9.17, 15) is 22.8 Å². The Hall–Kier alpha value is -4.47. The molecule has 36 heavy (non-hydrogen) atoms. The Morgan fingerprint density at radius 3 is 2.47 bits per heavy atom. The van der Waals surface area contributed by atoms with Gasteiger partial charge in [0.05, 0.1) is 35.9 Å². The number of hydrogen-bond donors (Lipinski definition) is 0. The molecule has 0 unspecified atom stereocenters. The highest BCUT2D eigenvalue weighted by Crippen LogP contribution is 2.29. The van der Waals surface area contributed by atoms with Gasteiger partial charge in [-0.1, -0.05) is 18.2 Å². The Morgan fingerprint density at radius 1 is 1.00 bits per heavy atom. The summed E-state index contributed by atoms with van der Waals surface area (Å²) >= 11 is 0. The van der Waals surface area contributed by atoms with Crippen LogP contribution in [0, 0.1) is 0 Å². The average molecular weight is 492 g/mol. The normalized spacial score (nSPS) is 11.8. The lowest BCUT2D eigenvalue weighted by atomic mass is 10.1. The second-order valence-corrected chi connectivity index (χ2v) is 8.13. The molecule has 0 spiro atoms. The van der Waals surface area contributed by atoms with Gasteiger partial charge in [0.15, 0.2) is 5.69 Å². The number of imidazole rings is 1. The van der Waals surface area contributed by atoms with Gasteiger partial charge in [-0.25, -0.2) is 14.8 Å². The summed E-state index contributed by atoms with van der Waals surface area (Å²) in [5.74, 6) is -0.506. The molecule has 0 bridgehead atoms. The molecule has 0 saturated carbocycles. The summed E-state index contributed by atoms with van der Waals surface area (Å²) in [4.78, 5) is 33.8. The van der Waals surface area contributed by atoms with Crippen LogP contribution >= 0.6 is 0 Å². The number of carbonyl (C=O) groups excluding carboxylic acids is 1. The minimum absolute atomic E-state index is 0.0851. The number of ether oxygens (including phenoxy) is 1. The van der Waals surface area contributed by atoms with Gasteiger partial charge in [0, 0.05) is 12.4 Å². The minimum atomic E-state index is -4.42. The number of hydrogen-bond acceptors (Lipinski definition) is 5. The lowest BCUT2D eigenvalue weighted by Gasteiger charge is -2.10. The third kappa shape index (κ3) is 4.45. The van der Waals surface area contributed by atoms with Crippen molar-refractivity contribution >= 4 is 22.5 Å². The number of aromatic nitrogens is 4. The molecule has 10 heteroatoms. The number of esters is 1. The van der Waals surface area contributed by atoms with E-state index in [-0.39, 0.29) is 24.4 Å². The monoisotopic (exact) mass is 492 g/mol. The van der Waals surface area contributed by atoms with E-state index >= 15 is 0 Å². The molecule has 7 nitrogen and oxygen atoms in total. The quantitative estimate of drug-likeness (QED) is 0.324. The number of fused-ring (bicyclic) bond motifs is 2. The molecule has 5 rings (SSSR count). The SMILES string of the molecule is CCOC(=O)c1cn2cc(-c3ccc4ncn(Cc5ccc(C(F)(F)F)cc5)c(=O)c4c3)ccc2n1. The molecule has 0 saturated heterocycles. The van der Waals surface area contributed by atoms with Gasteiger partial charge >= 0.3 is 12.1 Å². The molecule has 3 aromatic heterocycles. The third-order valence-electron chi connectivity index (χ3n) is 5.73. The highest BCUT2D eigenvalue weighted by Gasteiger charge is 2.29. The highest BCUT2D eigenvalue weighted by molar-refractivity contribution is 5.88. The van der Waals surface area contributed by atoms with Crippen LogP contribution < -0.4 is 5.56 Å². The van der Waals surface area contributed by atoms with E-state index in [2.05, 4.69) is 9.97 Å². The Bertz CT molecular complexity index is 1650. The van der Waals surface area contributed by atoms with Crippen molar-refractivity contribution in [3.63, 3.8) is 0 Å². The van der Waals surface area contributed by atoms with E-state index in [1.807, 2.05) is 12.1 Å². The number of rotatable bonds is 5. The number of alkyl halides is 3. The summed E-state index contributed by atoms with van der Waals surface area (Å²) < 4.78 is 46.5. The van der Waals surface area contributed by atoms with Crippen molar-refractivity contribution in [3.05, 3.63) is 100 Å². The van der Waals surface area contributed by atoms with Crippen LogP contribution in [0.2, 0.25) is 0 Å². The zero-order valence-electron chi connectivity index (χ0n) is 19.0. The van der Waals surface area contributed by atoms with Gasteiger partial charge < -0.3 is 9.14 Å². The second kappa shape index (κ2) is 8.95. The molecule has 3 heterocycles. The van der Waals surface area contributed by atoms with Crippen molar-refractivity contribution in [2.24, 2.45) is 0 Å². The molecule has 0 aliphatic rings. The fraction of sp³-hybridized carbons (Fsp3) is 0.154. The van der Waals surface area contributed by atoms with Gasteiger partial charge in [-0.15, -0.1) is 0 Å². The first kappa shape index (κ1) is 23.3. The van der Waals surface area contributed by atoms with E-state index in [1.165, 1.54) is 23.0 Å². The largest absolute Gasteiger partial charge is 0.461 e. The fourth-order valence-electron chi connectivity index (χ4n) is 3.91. The van der Waals surface area contributed by atoms with E-state index in [0.717, 1.165) is 23.3 Å². The molecule has 0 amide bonds. The Kier molecular flexibility index (Phi) is 5.79. The van der Waals surface area contributed by atoms with Crippen LogP contribution in [0.1, 0.15) is 28.5 Å². The summed E-state index contributed by atoms with van der Waals surface area (Å²) in [6.07, 6.45) is 0.340. The summed E-state index contributed by atoms with van der Waals surface area (Å²) in [6, 6.07) is 13.6. The summed E-state index contributed by atoms with van der Waals surface area (Å²) in [7, 11) is 0. The van der Waals surface area contributed by atoms with Gasteiger partial charge in [-0.3, -0.25) is 9.36 Å². The van der Waals surface area contributed by atoms with Crippen LogP contribution in [0.15, 0.2) is 78.1 Å². The fourth-order valence-corrected chi connectivity index (χ4v) is 3.91. The summed E-state index contributed by atoms with van der Waals surface area (Å²) in [6.45, 7) is 2.05. The predicted molar refractivity (Wildman–Crippen MR) is 127 cm³/mol. The van der Waals surface area contributed by atoms with Gasteiger partial charge in [0.2, 0.25) is 0 Å². The Morgan fingerprint density at radius 2 is 1.75 bits per heavy atom. The number of benzene rings is 2. The van der Waals surface area contributed by atoms with E-state index in [1.54, 1.807) is 41.9 Å². The maximum absolute atomic E-state index is 13.2. The maximum atomic E-state index is 13.2. The Balaban J connectivity index is 1.48. The van der Waals surface area contributed by atoms with Crippen molar-refractivity contribution in [3.8, 4) is 11.1 Å². The van der Waals surface area contributed by atoms with Crippen LogP contribution in [-0.4, -0.2) is 31.5 Å². The van der Waals surface area contributed by atoms with E-state index in [0.29, 0.717) is 22.1 Å². The zero-order valence-corrected chi connectivity index (χ0v) is 19.0. The number of halogens is 3. The highest BCUT2D eigenvalue weighted by atomic mass is 19.4. The van der Waals surface area contributed by atoms with Crippen molar-refractivity contribution in [1.29, 1.82) is 0 Å². The lowest BCUT2D eigenvalue weighted by Crippen LogP contribution is -2.21. The maximum Gasteiger partial charge on any atom is 0.416 e. The predicted octanol–water partition coefficient (Wildman–Crippen LogP) is 4.96. The topological polar surface area (TPSA) is 78.5 Å². The van der Waals surface area contributed by atoms with E-state index in [4.69, 9.17) is 4.74 Å². The number of pyridine rings is 1. The summed E-state index contributed by atoms with van der Waals surface area (Å²) in [5.41, 5.74) is 2.30. The zero-order chi connectivity index (χ0) is 25.4. The van der Waals surface area contributed by atoms with Crippen LogP contribution in [0.5, 0.6) is 0 Å². The first-order chi connectivity index (χ1) is 17.2. The molecule has 0 aliphatic carbocycles. The standard InChI is InChI=1S/C26H19F3N4O3/c1-2-36-25(35)22-14-32-13-18(6-10-23(32)31-22)17-5-9-21-20(11-17)24(34)33(15-30-21)12-16-3-7-19(8-4-16)26(27,28)29/h3-11,13-15H,2,12H2,1H3. The molecule has 0 fully saturated rings. The van der Waals surface area contributed by atoms with Gasteiger partial charge in [-0.05, 0) is 60.0 Å². The van der Waals surface area contributed by atoms with Gasteiger partial charge in [0.1, 0.15) is 5.65 Å². The van der Waals surface area contributed by atoms with Crippen LogP contribution in [0.25, 0.3) is 27.7 Å². The lowest BCUT2D eigenvalue weighted by molar-refractivity contribution is -0.137. The van der Waals surface area contributed by atoms with Crippen molar-refractivity contribution < 1.29 is 22.7 Å². The molecule has 5 aromatic rings. The van der Waals surface area contributed by atoms with E-state index < -0.39 is 17.7 Å². The Labute approximate surface area is 202 Å². The molecular formula is C26H19F3N4O3. The van der Waals surface area contributed by atoms with Crippen LogP contribution in [-0.2, 0) is 17.5 Å². The van der Waals surface area contributed by atoms with Crippen LogP contribution in [0.3, 0.4) is 0 Å². The number of nitrogens with zero attached hydrogens (tertiary/aromatic N) is 4. The second-order valence-electron chi connectivity index (χ2n) is 8.13. The molecular weight excluding hydrogens is 473 g/mol. The molecule has 2 aromatic carbocycles.